The summed E-state index contributed by atoms with van der Waals surface area (Å²) in [4.78, 5) is 12.1. The summed E-state index contributed by atoms with van der Waals surface area (Å²) in [6, 6.07) is 7.60. The Labute approximate surface area is 136 Å². The summed E-state index contributed by atoms with van der Waals surface area (Å²) in [7, 11) is 3.50. The first-order valence-electron chi connectivity index (χ1n) is 7.66. The molecule has 2 N–H and O–H groups in total. The van der Waals surface area contributed by atoms with E-state index in [9.17, 15) is 4.79 Å². The zero-order chi connectivity index (χ0) is 16.8. The number of hydrogen-bond donors (Lipinski definition) is 2. The average molecular weight is 316 g/mol. The Morgan fingerprint density at radius 3 is 2.78 bits per heavy atom. The molecule has 0 unspecified atom stereocenters. The zero-order valence-corrected chi connectivity index (χ0v) is 14.0. The van der Waals surface area contributed by atoms with Gasteiger partial charge in [0, 0.05) is 24.8 Å². The fraction of sp³-hybridized carbons (Fsp3) is 0.412. The van der Waals surface area contributed by atoms with Crippen molar-refractivity contribution in [2.24, 2.45) is 7.05 Å². The molecule has 1 aromatic carbocycles. The SMILES string of the molecule is COc1cccc(C[C@H](C)NC(=O)N[C@@H](C)c2cnn(C)c2)c1. The van der Waals surface area contributed by atoms with Crippen molar-refractivity contribution in [2.75, 3.05) is 7.11 Å². The predicted molar refractivity (Wildman–Crippen MR) is 89.5 cm³/mol. The van der Waals surface area contributed by atoms with Crippen LogP contribution in [0.3, 0.4) is 0 Å². The molecule has 0 saturated carbocycles. The summed E-state index contributed by atoms with van der Waals surface area (Å²) in [6.07, 6.45) is 4.39. The maximum atomic E-state index is 12.1. The predicted octanol–water partition coefficient (Wildman–Crippen LogP) is 2.42. The van der Waals surface area contributed by atoms with Crippen LogP contribution in [-0.2, 0) is 13.5 Å². The van der Waals surface area contributed by atoms with Crippen molar-refractivity contribution in [1.82, 2.24) is 20.4 Å². The number of aryl methyl sites for hydroxylation is 1. The molecule has 2 atom stereocenters. The van der Waals surface area contributed by atoms with Crippen LogP contribution in [0.15, 0.2) is 36.7 Å². The summed E-state index contributed by atoms with van der Waals surface area (Å²) < 4.78 is 6.93. The molecule has 6 heteroatoms. The lowest BCUT2D eigenvalue weighted by atomic mass is 10.1. The Hall–Kier alpha value is -2.50. The number of urea groups is 1. The molecule has 0 radical (unpaired) electrons. The number of rotatable bonds is 6. The normalized spacial score (nSPS) is 13.2. The third-order valence-electron chi connectivity index (χ3n) is 3.63. The highest BCUT2D eigenvalue weighted by molar-refractivity contribution is 5.74. The van der Waals surface area contributed by atoms with Crippen LogP contribution in [-0.4, -0.2) is 29.0 Å². The summed E-state index contributed by atoms with van der Waals surface area (Å²) in [5.41, 5.74) is 2.10. The molecule has 2 aromatic rings. The number of benzene rings is 1. The Morgan fingerprint density at radius 1 is 1.35 bits per heavy atom. The first kappa shape index (κ1) is 16.9. The molecule has 124 valence electrons. The monoisotopic (exact) mass is 316 g/mol. The standard InChI is InChI=1S/C17H24N4O2/c1-12(8-14-6-5-7-16(9-14)23-4)19-17(22)20-13(2)15-10-18-21(3)11-15/h5-7,9-13H,8H2,1-4H3,(H2,19,20,22)/t12-,13-/m0/s1. The van der Waals surface area contributed by atoms with Gasteiger partial charge in [0.25, 0.3) is 0 Å². The molecule has 23 heavy (non-hydrogen) atoms. The lowest BCUT2D eigenvalue weighted by Crippen LogP contribution is -2.42. The minimum Gasteiger partial charge on any atom is -0.497 e. The van der Waals surface area contributed by atoms with E-state index < -0.39 is 0 Å². The second-order valence-corrected chi connectivity index (χ2v) is 5.74. The topological polar surface area (TPSA) is 68.2 Å². The highest BCUT2D eigenvalue weighted by Crippen LogP contribution is 2.14. The van der Waals surface area contributed by atoms with E-state index in [2.05, 4.69) is 15.7 Å². The van der Waals surface area contributed by atoms with Gasteiger partial charge in [0.2, 0.25) is 0 Å². The summed E-state index contributed by atoms with van der Waals surface area (Å²) in [5, 5.41) is 9.99. The smallest absolute Gasteiger partial charge is 0.315 e. The molecule has 0 aliphatic rings. The number of nitrogens with zero attached hydrogens (tertiary/aromatic N) is 2. The molecule has 0 aliphatic heterocycles. The van der Waals surface area contributed by atoms with E-state index in [1.165, 1.54) is 0 Å². The van der Waals surface area contributed by atoms with Crippen molar-refractivity contribution in [3.8, 4) is 5.75 Å². The molecule has 1 heterocycles. The van der Waals surface area contributed by atoms with Gasteiger partial charge in [0.15, 0.2) is 0 Å². The number of nitrogens with one attached hydrogen (secondary N) is 2. The van der Waals surface area contributed by atoms with Crippen LogP contribution in [0.25, 0.3) is 0 Å². The quantitative estimate of drug-likeness (QED) is 0.860. The van der Waals surface area contributed by atoms with Crippen LogP contribution < -0.4 is 15.4 Å². The number of carbonyl (C=O) groups excluding carboxylic acids is 1. The first-order valence-corrected chi connectivity index (χ1v) is 7.66. The van der Waals surface area contributed by atoms with Crippen LogP contribution >= 0.6 is 0 Å². The number of ether oxygens (including phenoxy) is 1. The Morgan fingerprint density at radius 2 is 2.13 bits per heavy atom. The van der Waals surface area contributed by atoms with Crippen molar-refractivity contribution in [3.63, 3.8) is 0 Å². The largest absolute Gasteiger partial charge is 0.497 e. The maximum Gasteiger partial charge on any atom is 0.315 e. The van der Waals surface area contributed by atoms with Crippen molar-refractivity contribution in [2.45, 2.75) is 32.4 Å². The number of amides is 2. The van der Waals surface area contributed by atoms with Gasteiger partial charge >= 0.3 is 6.03 Å². The second kappa shape index (κ2) is 7.67. The highest BCUT2D eigenvalue weighted by atomic mass is 16.5. The lowest BCUT2D eigenvalue weighted by Gasteiger charge is -2.18. The maximum absolute atomic E-state index is 12.1. The van der Waals surface area contributed by atoms with Gasteiger partial charge in [-0.1, -0.05) is 12.1 Å². The minimum atomic E-state index is -0.184. The highest BCUT2D eigenvalue weighted by Gasteiger charge is 2.13. The van der Waals surface area contributed by atoms with Crippen LogP contribution in [0.2, 0.25) is 0 Å². The van der Waals surface area contributed by atoms with E-state index in [1.54, 1.807) is 18.0 Å². The molecular formula is C17H24N4O2. The lowest BCUT2D eigenvalue weighted by molar-refractivity contribution is 0.234. The Balaban J connectivity index is 1.84. The van der Waals surface area contributed by atoms with Gasteiger partial charge in [-0.15, -0.1) is 0 Å². The molecule has 0 aliphatic carbocycles. The van der Waals surface area contributed by atoms with Crippen molar-refractivity contribution in [1.29, 1.82) is 0 Å². The first-order chi connectivity index (χ1) is 11.0. The van der Waals surface area contributed by atoms with Crippen LogP contribution in [0, 0.1) is 0 Å². The van der Waals surface area contributed by atoms with Gasteiger partial charge in [-0.05, 0) is 38.0 Å². The van der Waals surface area contributed by atoms with E-state index >= 15 is 0 Å². The van der Waals surface area contributed by atoms with Gasteiger partial charge in [-0.2, -0.15) is 5.10 Å². The third kappa shape index (κ3) is 5.02. The molecule has 6 nitrogen and oxygen atoms in total. The second-order valence-electron chi connectivity index (χ2n) is 5.74. The fourth-order valence-electron chi connectivity index (χ4n) is 2.41. The van der Waals surface area contributed by atoms with Crippen molar-refractivity contribution < 1.29 is 9.53 Å². The summed E-state index contributed by atoms with van der Waals surface area (Å²) >= 11 is 0. The van der Waals surface area contributed by atoms with Gasteiger partial charge in [-0.25, -0.2) is 4.79 Å². The molecule has 0 saturated heterocycles. The van der Waals surface area contributed by atoms with Crippen LogP contribution in [0.5, 0.6) is 5.75 Å². The van der Waals surface area contributed by atoms with Gasteiger partial charge in [-0.3, -0.25) is 4.68 Å². The summed E-state index contributed by atoms with van der Waals surface area (Å²) in [5.74, 6) is 0.823. The molecular weight excluding hydrogens is 292 g/mol. The molecule has 0 spiro atoms. The Bertz CT molecular complexity index is 654. The Kier molecular flexibility index (Phi) is 5.62. The van der Waals surface area contributed by atoms with Gasteiger partial charge < -0.3 is 15.4 Å². The van der Waals surface area contributed by atoms with E-state index in [-0.39, 0.29) is 18.1 Å². The number of methoxy groups -OCH3 is 1. The van der Waals surface area contributed by atoms with Gasteiger partial charge in [0.05, 0.1) is 19.3 Å². The number of aromatic nitrogens is 2. The molecule has 2 rings (SSSR count). The fourth-order valence-corrected chi connectivity index (χ4v) is 2.41. The number of carbonyl (C=O) groups is 1. The number of hydrogen-bond acceptors (Lipinski definition) is 3. The van der Waals surface area contributed by atoms with E-state index in [1.807, 2.05) is 51.4 Å². The van der Waals surface area contributed by atoms with Crippen LogP contribution in [0.4, 0.5) is 4.79 Å². The van der Waals surface area contributed by atoms with Crippen LogP contribution in [0.1, 0.15) is 31.0 Å². The van der Waals surface area contributed by atoms with Crippen molar-refractivity contribution >= 4 is 6.03 Å². The minimum absolute atomic E-state index is 0.0169. The molecule has 2 amide bonds. The van der Waals surface area contributed by atoms with E-state index in [0.717, 1.165) is 23.3 Å². The third-order valence-corrected chi connectivity index (χ3v) is 3.63. The van der Waals surface area contributed by atoms with E-state index in [0.29, 0.717) is 0 Å². The molecule has 0 fully saturated rings. The summed E-state index contributed by atoms with van der Waals surface area (Å²) in [6.45, 7) is 3.91. The van der Waals surface area contributed by atoms with Gasteiger partial charge in [0.1, 0.15) is 5.75 Å². The van der Waals surface area contributed by atoms with Crippen molar-refractivity contribution in [3.05, 3.63) is 47.8 Å². The molecule has 0 bridgehead atoms. The van der Waals surface area contributed by atoms with E-state index in [4.69, 9.17) is 4.74 Å². The molecule has 1 aromatic heterocycles. The average Bonchev–Trinajstić information content (AvgIpc) is 2.93. The zero-order valence-electron chi connectivity index (χ0n) is 14.0.